The van der Waals surface area contributed by atoms with E-state index >= 15 is 0 Å². The van der Waals surface area contributed by atoms with Gasteiger partial charge >= 0.3 is 0 Å². The molecule has 1 aliphatic carbocycles. The van der Waals surface area contributed by atoms with Gasteiger partial charge in [-0.1, -0.05) is 29.3 Å². The maximum absolute atomic E-state index is 9.75. The van der Waals surface area contributed by atoms with Crippen molar-refractivity contribution >= 4 is 23.2 Å². The van der Waals surface area contributed by atoms with Gasteiger partial charge in [-0.3, -0.25) is 0 Å². The average molecular weight is 270 g/mol. The molecule has 0 amide bonds. The summed E-state index contributed by atoms with van der Waals surface area (Å²) in [5, 5.41) is 20.1. The van der Waals surface area contributed by atoms with Gasteiger partial charge < -0.3 is 5.11 Å². The Labute approximate surface area is 111 Å². The lowest BCUT2D eigenvalue weighted by atomic mass is 9.69. The van der Waals surface area contributed by atoms with Crippen molar-refractivity contribution in [2.75, 3.05) is 0 Å². The zero-order valence-corrected chi connectivity index (χ0v) is 10.8. The Morgan fingerprint density at radius 2 is 2.12 bits per heavy atom. The fourth-order valence-electron chi connectivity index (χ4n) is 2.47. The molecule has 0 spiro atoms. The van der Waals surface area contributed by atoms with Crippen LogP contribution in [0.15, 0.2) is 18.2 Å². The Balaban J connectivity index is 2.41. The van der Waals surface area contributed by atoms with Crippen molar-refractivity contribution in [2.45, 2.75) is 37.2 Å². The minimum Gasteiger partial charge on any atom is -0.393 e. The second kappa shape index (κ2) is 4.86. The smallest absolute Gasteiger partial charge is 0.0847 e. The van der Waals surface area contributed by atoms with Crippen LogP contribution in [0, 0.1) is 11.3 Å². The molecule has 0 aliphatic heterocycles. The number of hydrogen-bond donors (Lipinski definition) is 1. The van der Waals surface area contributed by atoms with Gasteiger partial charge in [-0.05, 0) is 43.4 Å². The molecule has 1 aromatic carbocycles. The first-order valence-electron chi connectivity index (χ1n) is 5.62. The molecule has 0 heterocycles. The van der Waals surface area contributed by atoms with Crippen LogP contribution in [0.2, 0.25) is 10.0 Å². The fraction of sp³-hybridized carbons (Fsp3) is 0.462. The molecule has 0 bridgehead atoms. The van der Waals surface area contributed by atoms with Gasteiger partial charge in [0.1, 0.15) is 0 Å². The normalized spacial score (nSPS) is 28.7. The topological polar surface area (TPSA) is 44.0 Å². The van der Waals surface area contributed by atoms with Crippen molar-refractivity contribution < 1.29 is 5.11 Å². The van der Waals surface area contributed by atoms with E-state index in [1.807, 2.05) is 6.07 Å². The van der Waals surface area contributed by atoms with E-state index in [4.69, 9.17) is 23.2 Å². The predicted molar refractivity (Wildman–Crippen MR) is 68.2 cm³/mol. The Morgan fingerprint density at radius 1 is 1.35 bits per heavy atom. The van der Waals surface area contributed by atoms with Gasteiger partial charge in [0, 0.05) is 0 Å². The number of aliphatic hydroxyl groups excluding tert-OH is 1. The van der Waals surface area contributed by atoms with Crippen LogP contribution < -0.4 is 0 Å². The van der Waals surface area contributed by atoms with Gasteiger partial charge in [-0.15, -0.1) is 0 Å². The highest BCUT2D eigenvalue weighted by atomic mass is 35.5. The van der Waals surface area contributed by atoms with Crippen molar-refractivity contribution in [2.24, 2.45) is 0 Å². The monoisotopic (exact) mass is 269 g/mol. The molecule has 17 heavy (non-hydrogen) atoms. The molecule has 1 N–H and O–H groups in total. The maximum Gasteiger partial charge on any atom is 0.0847 e. The van der Waals surface area contributed by atoms with E-state index in [-0.39, 0.29) is 0 Å². The number of benzene rings is 1. The van der Waals surface area contributed by atoms with Crippen LogP contribution in [0.4, 0.5) is 0 Å². The number of halogens is 2. The molecule has 2 unspecified atom stereocenters. The van der Waals surface area contributed by atoms with E-state index in [1.54, 1.807) is 12.1 Å². The molecule has 1 fully saturated rings. The molecule has 1 aliphatic rings. The van der Waals surface area contributed by atoms with Crippen LogP contribution >= 0.6 is 23.2 Å². The summed E-state index contributed by atoms with van der Waals surface area (Å²) in [6.45, 7) is 0. The summed E-state index contributed by atoms with van der Waals surface area (Å²) < 4.78 is 0. The molecule has 0 aromatic heterocycles. The SMILES string of the molecule is N#CC1(c2ccc(Cl)c(Cl)c2)CCCC(O)C1. The summed E-state index contributed by atoms with van der Waals surface area (Å²) in [7, 11) is 0. The Morgan fingerprint density at radius 3 is 2.71 bits per heavy atom. The van der Waals surface area contributed by atoms with E-state index in [2.05, 4.69) is 6.07 Å². The van der Waals surface area contributed by atoms with Crippen molar-refractivity contribution in [1.29, 1.82) is 5.26 Å². The highest BCUT2D eigenvalue weighted by molar-refractivity contribution is 6.42. The summed E-state index contributed by atoms with van der Waals surface area (Å²) in [5.41, 5.74) is 0.236. The fourth-order valence-corrected chi connectivity index (χ4v) is 2.77. The zero-order valence-electron chi connectivity index (χ0n) is 9.29. The molecular formula is C13H13Cl2NO. The molecule has 1 saturated carbocycles. The lowest BCUT2D eigenvalue weighted by Gasteiger charge is -2.34. The summed E-state index contributed by atoms with van der Waals surface area (Å²) in [4.78, 5) is 0. The van der Waals surface area contributed by atoms with E-state index in [9.17, 15) is 10.4 Å². The van der Waals surface area contributed by atoms with Crippen LogP contribution in [-0.4, -0.2) is 11.2 Å². The van der Waals surface area contributed by atoms with Gasteiger partial charge in [-0.25, -0.2) is 0 Å². The van der Waals surface area contributed by atoms with Gasteiger partial charge in [-0.2, -0.15) is 5.26 Å². The summed E-state index contributed by atoms with van der Waals surface area (Å²) in [5.74, 6) is 0. The third-order valence-corrected chi connectivity index (χ3v) is 4.15. The van der Waals surface area contributed by atoms with Crippen LogP contribution in [0.1, 0.15) is 31.2 Å². The number of nitriles is 1. The standard InChI is InChI=1S/C13H13Cl2NO/c14-11-4-3-9(6-12(11)15)13(8-16)5-1-2-10(17)7-13/h3-4,6,10,17H,1-2,5,7H2. The second-order valence-corrected chi connectivity index (χ2v) is 5.39. The van der Waals surface area contributed by atoms with E-state index in [1.165, 1.54) is 0 Å². The Bertz CT molecular complexity index is 469. The van der Waals surface area contributed by atoms with Gasteiger partial charge in [0.15, 0.2) is 0 Å². The quantitative estimate of drug-likeness (QED) is 0.845. The van der Waals surface area contributed by atoms with Crippen molar-refractivity contribution in [3.05, 3.63) is 33.8 Å². The van der Waals surface area contributed by atoms with Gasteiger partial charge in [0.05, 0.1) is 27.6 Å². The van der Waals surface area contributed by atoms with Gasteiger partial charge in [0.2, 0.25) is 0 Å². The third-order valence-electron chi connectivity index (χ3n) is 3.41. The van der Waals surface area contributed by atoms with E-state index in [0.717, 1.165) is 24.8 Å². The molecule has 0 radical (unpaired) electrons. The second-order valence-electron chi connectivity index (χ2n) is 4.57. The van der Waals surface area contributed by atoms with Crippen LogP contribution in [0.25, 0.3) is 0 Å². The number of nitrogens with zero attached hydrogens (tertiary/aromatic N) is 1. The zero-order chi connectivity index (χ0) is 12.5. The first-order valence-corrected chi connectivity index (χ1v) is 6.38. The van der Waals surface area contributed by atoms with Crippen molar-refractivity contribution in [3.63, 3.8) is 0 Å². The molecule has 0 saturated heterocycles. The first kappa shape index (κ1) is 12.7. The maximum atomic E-state index is 9.75. The molecule has 2 atom stereocenters. The lowest BCUT2D eigenvalue weighted by Crippen LogP contribution is -2.33. The van der Waals surface area contributed by atoms with Crippen LogP contribution in [-0.2, 0) is 5.41 Å². The minimum atomic E-state index is -0.619. The van der Waals surface area contributed by atoms with Gasteiger partial charge in [0.25, 0.3) is 0 Å². The number of hydrogen-bond acceptors (Lipinski definition) is 2. The molecule has 2 nitrogen and oxygen atoms in total. The van der Waals surface area contributed by atoms with E-state index in [0.29, 0.717) is 16.5 Å². The number of rotatable bonds is 1. The minimum absolute atomic E-state index is 0.405. The molecule has 2 rings (SSSR count). The lowest BCUT2D eigenvalue weighted by molar-refractivity contribution is 0.102. The van der Waals surface area contributed by atoms with Crippen molar-refractivity contribution in [1.82, 2.24) is 0 Å². The molecule has 90 valence electrons. The molecule has 4 heteroatoms. The van der Waals surface area contributed by atoms with E-state index < -0.39 is 11.5 Å². The highest BCUT2D eigenvalue weighted by Gasteiger charge is 2.37. The predicted octanol–water partition coefficient (Wildman–Crippen LogP) is 3.69. The Kier molecular flexibility index (Phi) is 3.63. The first-order chi connectivity index (χ1) is 8.07. The highest BCUT2D eigenvalue weighted by Crippen LogP contribution is 2.40. The third kappa shape index (κ3) is 2.42. The summed E-state index contributed by atoms with van der Waals surface area (Å²) in [6, 6.07) is 7.63. The molecular weight excluding hydrogens is 257 g/mol. The van der Waals surface area contributed by atoms with Crippen LogP contribution in [0.3, 0.4) is 0 Å². The molecule has 1 aromatic rings. The average Bonchev–Trinajstić information content (AvgIpc) is 2.32. The number of aliphatic hydroxyl groups is 1. The van der Waals surface area contributed by atoms with Crippen molar-refractivity contribution in [3.8, 4) is 6.07 Å². The van der Waals surface area contributed by atoms with Crippen LogP contribution in [0.5, 0.6) is 0 Å². The largest absolute Gasteiger partial charge is 0.393 e. The Hall–Kier alpha value is -0.750. The summed E-state index contributed by atoms with van der Waals surface area (Å²) in [6.07, 6.45) is 2.46. The summed E-state index contributed by atoms with van der Waals surface area (Å²) >= 11 is 11.9.